The quantitative estimate of drug-likeness (QED) is 0.856. The van der Waals surface area contributed by atoms with Crippen LogP contribution in [0.3, 0.4) is 0 Å². The van der Waals surface area contributed by atoms with Gasteiger partial charge in [-0.1, -0.05) is 18.2 Å². The minimum atomic E-state index is -4.28. The summed E-state index contributed by atoms with van der Waals surface area (Å²) in [4.78, 5) is 0. The van der Waals surface area contributed by atoms with Crippen molar-refractivity contribution in [2.45, 2.75) is 37.6 Å². The van der Waals surface area contributed by atoms with Gasteiger partial charge in [-0.2, -0.15) is 13.2 Å². The highest BCUT2D eigenvalue weighted by Crippen LogP contribution is 2.32. The number of benzene rings is 1. The highest BCUT2D eigenvalue weighted by molar-refractivity contribution is 5.29. The van der Waals surface area contributed by atoms with E-state index in [9.17, 15) is 13.2 Å². The summed E-state index contributed by atoms with van der Waals surface area (Å²) in [5.74, 6) is 0. The van der Waals surface area contributed by atoms with Crippen molar-refractivity contribution in [1.82, 2.24) is 5.32 Å². The Balaban J connectivity index is 2.00. The van der Waals surface area contributed by atoms with E-state index in [1.54, 1.807) is 6.07 Å². The first-order valence-electron chi connectivity index (χ1n) is 5.61. The second-order valence-electron chi connectivity index (χ2n) is 4.46. The van der Waals surface area contributed by atoms with Crippen molar-refractivity contribution in [3.05, 3.63) is 35.4 Å². The minimum absolute atomic E-state index is 0.199. The maximum Gasteiger partial charge on any atom is 0.416 e. The van der Waals surface area contributed by atoms with Crippen molar-refractivity contribution >= 4 is 0 Å². The van der Waals surface area contributed by atoms with E-state index in [0.717, 1.165) is 18.9 Å². The molecule has 0 atom stereocenters. The summed E-state index contributed by atoms with van der Waals surface area (Å²) < 4.78 is 38.0. The summed E-state index contributed by atoms with van der Waals surface area (Å²) in [5, 5.41) is 3.10. The molecule has 3 N–H and O–H groups in total. The van der Waals surface area contributed by atoms with Gasteiger partial charge in [0.1, 0.15) is 0 Å². The first-order valence-corrected chi connectivity index (χ1v) is 5.61. The smallest absolute Gasteiger partial charge is 0.328 e. The molecule has 17 heavy (non-hydrogen) atoms. The molecule has 0 unspecified atom stereocenters. The van der Waals surface area contributed by atoms with E-state index in [1.807, 2.05) is 0 Å². The SMILES string of the molecule is NC1CC(NCc2ccccc2C(F)(F)F)C1. The van der Waals surface area contributed by atoms with Crippen LogP contribution in [0, 0.1) is 0 Å². The van der Waals surface area contributed by atoms with E-state index in [2.05, 4.69) is 5.32 Å². The zero-order valence-electron chi connectivity index (χ0n) is 9.30. The van der Waals surface area contributed by atoms with Gasteiger partial charge in [0.15, 0.2) is 0 Å². The molecule has 0 aliphatic heterocycles. The molecule has 1 aliphatic carbocycles. The topological polar surface area (TPSA) is 38.0 Å². The highest BCUT2D eigenvalue weighted by Gasteiger charge is 2.33. The average Bonchev–Trinajstić information content (AvgIpc) is 2.22. The normalized spacial score (nSPS) is 24.5. The van der Waals surface area contributed by atoms with Crippen LogP contribution in [0.25, 0.3) is 0 Å². The Morgan fingerprint density at radius 2 is 1.88 bits per heavy atom. The molecule has 0 spiro atoms. The van der Waals surface area contributed by atoms with E-state index in [-0.39, 0.29) is 18.6 Å². The number of nitrogens with two attached hydrogens (primary N) is 1. The number of alkyl halides is 3. The lowest BCUT2D eigenvalue weighted by Crippen LogP contribution is -2.48. The predicted molar refractivity (Wildman–Crippen MR) is 59.3 cm³/mol. The Bertz CT molecular complexity index is 384. The van der Waals surface area contributed by atoms with Crippen LogP contribution in [0.1, 0.15) is 24.0 Å². The fraction of sp³-hybridized carbons (Fsp3) is 0.500. The number of halogens is 3. The number of hydrogen-bond acceptors (Lipinski definition) is 2. The van der Waals surface area contributed by atoms with Crippen molar-refractivity contribution in [2.24, 2.45) is 5.73 Å². The maximum absolute atomic E-state index is 12.7. The standard InChI is InChI=1S/C12H15F3N2/c13-12(14,15)11-4-2-1-3-8(11)7-17-10-5-9(16)6-10/h1-4,9-10,17H,5-7,16H2. The number of rotatable bonds is 3. The third-order valence-electron chi connectivity index (χ3n) is 3.08. The van der Waals surface area contributed by atoms with Gasteiger partial charge in [-0.3, -0.25) is 0 Å². The zero-order chi connectivity index (χ0) is 12.5. The van der Waals surface area contributed by atoms with Gasteiger partial charge in [0.05, 0.1) is 5.56 Å². The molecule has 94 valence electrons. The molecular weight excluding hydrogens is 229 g/mol. The molecule has 1 saturated carbocycles. The summed E-state index contributed by atoms with van der Waals surface area (Å²) in [6, 6.07) is 6.11. The Morgan fingerprint density at radius 3 is 2.47 bits per heavy atom. The first kappa shape index (κ1) is 12.4. The molecule has 5 heteroatoms. The molecule has 2 nitrogen and oxygen atoms in total. The van der Waals surface area contributed by atoms with Gasteiger partial charge < -0.3 is 11.1 Å². The second kappa shape index (κ2) is 4.66. The van der Waals surface area contributed by atoms with Crippen LogP contribution in [0.4, 0.5) is 13.2 Å². The lowest BCUT2D eigenvalue weighted by molar-refractivity contribution is -0.138. The van der Waals surface area contributed by atoms with Crippen molar-refractivity contribution < 1.29 is 13.2 Å². The molecule has 1 fully saturated rings. The van der Waals surface area contributed by atoms with Crippen molar-refractivity contribution in [3.8, 4) is 0 Å². The third kappa shape index (κ3) is 2.98. The molecule has 1 aliphatic rings. The number of hydrogen-bond donors (Lipinski definition) is 2. The van der Waals surface area contributed by atoms with Gasteiger partial charge in [0.25, 0.3) is 0 Å². The molecule has 0 aromatic heterocycles. The molecule has 0 amide bonds. The number of nitrogens with one attached hydrogen (secondary N) is 1. The molecule has 2 rings (SSSR count). The Kier molecular flexibility index (Phi) is 3.40. The van der Waals surface area contributed by atoms with Gasteiger partial charge in [-0.15, -0.1) is 0 Å². The Morgan fingerprint density at radius 1 is 1.24 bits per heavy atom. The second-order valence-corrected chi connectivity index (χ2v) is 4.46. The monoisotopic (exact) mass is 244 g/mol. The predicted octanol–water partition coefficient (Wildman–Crippen LogP) is 2.28. The summed E-state index contributed by atoms with van der Waals surface area (Å²) in [5.41, 5.74) is 5.35. The fourth-order valence-electron chi connectivity index (χ4n) is 2.03. The van der Waals surface area contributed by atoms with Crippen LogP contribution >= 0.6 is 0 Å². The van der Waals surface area contributed by atoms with E-state index in [4.69, 9.17) is 5.73 Å². The van der Waals surface area contributed by atoms with Crippen LogP contribution in [0.2, 0.25) is 0 Å². The largest absolute Gasteiger partial charge is 0.416 e. The van der Waals surface area contributed by atoms with E-state index < -0.39 is 11.7 Å². The molecule has 0 bridgehead atoms. The molecule has 0 saturated heterocycles. The lowest BCUT2D eigenvalue weighted by Gasteiger charge is -2.33. The van der Waals surface area contributed by atoms with Gasteiger partial charge in [0.2, 0.25) is 0 Å². The lowest BCUT2D eigenvalue weighted by atomic mass is 9.87. The van der Waals surface area contributed by atoms with E-state index in [0.29, 0.717) is 5.56 Å². The molecule has 0 heterocycles. The summed E-state index contributed by atoms with van der Waals surface area (Å²) in [6.07, 6.45) is -2.60. The highest BCUT2D eigenvalue weighted by atomic mass is 19.4. The first-order chi connectivity index (χ1) is 7.97. The van der Waals surface area contributed by atoms with Gasteiger partial charge >= 0.3 is 6.18 Å². The summed E-state index contributed by atoms with van der Waals surface area (Å²) >= 11 is 0. The molecule has 1 aromatic rings. The minimum Gasteiger partial charge on any atom is -0.328 e. The molecular formula is C12H15F3N2. The van der Waals surface area contributed by atoms with Gasteiger partial charge in [-0.25, -0.2) is 0 Å². The van der Waals surface area contributed by atoms with Crippen molar-refractivity contribution in [1.29, 1.82) is 0 Å². The van der Waals surface area contributed by atoms with Gasteiger partial charge in [-0.05, 0) is 24.5 Å². The van der Waals surface area contributed by atoms with Crippen molar-refractivity contribution in [3.63, 3.8) is 0 Å². The molecule has 1 aromatic carbocycles. The Hall–Kier alpha value is -1.07. The van der Waals surface area contributed by atoms with Crippen LogP contribution in [0.15, 0.2) is 24.3 Å². The van der Waals surface area contributed by atoms with Crippen LogP contribution in [0.5, 0.6) is 0 Å². The molecule has 0 radical (unpaired) electrons. The summed E-state index contributed by atoms with van der Waals surface area (Å²) in [6.45, 7) is 0.243. The zero-order valence-corrected chi connectivity index (χ0v) is 9.30. The van der Waals surface area contributed by atoms with Crippen LogP contribution in [-0.4, -0.2) is 12.1 Å². The van der Waals surface area contributed by atoms with Crippen LogP contribution in [-0.2, 0) is 12.7 Å². The fourth-order valence-corrected chi connectivity index (χ4v) is 2.03. The Labute approximate surface area is 98.0 Å². The van der Waals surface area contributed by atoms with Crippen LogP contribution < -0.4 is 11.1 Å². The van der Waals surface area contributed by atoms with Crippen molar-refractivity contribution in [2.75, 3.05) is 0 Å². The third-order valence-corrected chi connectivity index (χ3v) is 3.08. The van der Waals surface area contributed by atoms with E-state index >= 15 is 0 Å². The average molecular weight is 244 g/mol. The maximum atomic E-state index is 12.7. The summed E-state index contributed by atoms with van der Waals surface area (Å²) in [7, 11) is 0. The van der Waals surface area contributed by atoms with E-state index in [1.165, 1.54) is 12.1 Å². The van der Waals surface area contributed by atoms with Gasteiger partial charge in [0, 0.05) is 18.6 Å².